The van der Waals surface area contributed by atoms with Crippen LogP contribution in [-0.2, 0) is 11.3 Å². The zero-order valence-corrected chi connectivity index (χ0v) is 13.1. The van der Waals surface area contributed by atoms with Crippen molar-refractivity contribution in [1.82, 2.24) is 4.90 Å². The van der Waals surface area contributed by atoms with Crippen molar-refractivity contribution >= 4 is 34.9 Å². The van der Waals surface area contributed by atoms with E-state index >= 15 is 0 Å². The van der Waals surface area contributed by atoms with Crippen LogP contribution in [0.15, 0.2) is 42.0 Å². The second kappa shape index (κ2) is 5.92. The third-order valence-electron chi connectivity index (χ3n) is 3.28. The van der Waals surface area contributed by atoms with Gasteiger partial charge in [0.15, 0.2) is 0 Å². The van der Waals surface area contributed by atoms with Crippen LogP contribution in [0.4, 0.5) is 0 Å². The summed E-state index contributed by atoms with van der Waals surface area (Å²) in [5, 5.41) is 0. The first kappa shape index (κ1) is 14.2. The van der Waals surface area contributed by atoms with Gasteiger partial charge < -0.3 is 9.64 Å². The van der Waals surface area contributed by atoms with Gasteiger partial charge >= 0.3 is 0 Å². The highest BCUT2D eigenvalue weighted by atomic mass is 35.5. The molecular formula is C16H14ClNO2S. The number of thiophene rings is 1. The number of carbonyl (C=O) groups excluding carboxylic acids is 1. The molecule has 1 amide bonds. The molecule has 3 nitrogen and oxygen atoms in total. The van der Waals surface area contributed by atoms with Crippen LogP contribution in [0, 0.1) is 0 Å². The Morgan fingerprint density at radius 2 is 2.14 bits per heavy atom. The zero-order valence-electron chi connectivity index (χ0n) is 11.5. The molecule has 3 rings (SSSR count). The SMILES string of the molecule is CN(Cc1ccc(Cl)s1)C(=O)C1=Cc2ccccc2OC1. The molecule has 2 aromatic rings. The molecular weight excluding hydrogens is 306 g/mol. The van der Waals surface area contributed by atoms with Gasteiger partial charge in [-0.25, -0.2) is 0 Å². The normalized spacial score (nSPS) is 13.1. The summed E-state index contributed by atoms with van der Waals surface area (Å²) in [5.41, 5.74) is 1.61. The Hall–Kier alpha value is -1.78. The molecule has 108 valence electrons. The number of hydrogen-bond donors (Lipinski definition) is 0. The molecule has 1 aromatic heterocycles. The Kier molecular flexibility index (Phi) is 3.99. The van der Waals surface area contributed by atoms with Crippen molar-refractivity contribution in [1.29, 1.82) is 0 Å². The lowest BCUT2D eigenvalue weighted by Crippen LogP contribution is -2.30. The van der Waals surface area contributed by atoms with Crippen LogP contribution in [0.3, 0.4) is 0 Å². The minimum absolute atomic E-state index is 0.0194. The number of rotatable bonds is 3. The maximum absolute atomic E-state index is 12.5. The highest BCUT2D eigenvalue weighted by molar-refractivity contribution is 7.16. The van der Waals surface area contributed by atoms with Crippen LogP contribution < -0.4 is 4.74 Å². The van der Waals surface area contributed by atoms with Crippen molar-refractivity contribution in [3.8, 4) is 5.75 Å². The van der Waals surface area contributed by atoms with Gasteiger partial charge in [0.05, 0.1) is 16.5 Å². The highest BCUT2D eigenvalue weighted by Crippen LogP contribution is 2.27. The average molecular weight is 320 g/mol. The van der Waals surface area contributed by atoms with Crippen molar-refractivity contribution in [3.63, 3.8) is 0 Å². The summed E-state index contributed by atoms with van der Waals surface area (Å²) in [6.07, 6.45) is 1.90. The van der Waals surface area contributed by atoms with Crippen molar-refractivity contribution < 1.29 is 9.53 Å². The molecule has 0 fully saturated rings. The second-order valence-electron chi connectivity index (χ2n) is 4.86. The summed E-state index contributed by atoms with van der Waals surface area (Å²) >= 11 is 7.40. The molecule has 0 saturated carbocycles. The van der Waals surface area contributed by atoms with E-state index in [0.29, 0.717) is 18.7 Å². The molecule has 0 radical (unpaired) electrons. The molecule has 0 aliphatic carbocycles. The van der Waals surface area contributed by atoms with Gasteiger partial charge in [0.25, 0.3) is 5.91 Å². The number of amides is 1. The smallest absolute Gasteiger partial charge is 0.253 e. The lowest BCUT2D eigenvalue weighted by Gasteiger charge is -2.22. The molecule has 0 N–H and O–H groups in total. The largest absolute Gasteiger partial charge is 0.488 e. The summed E-state index contributed by atoms with van der Waals surface area (Å²) in [6.45, 7) is 0.862. The fraction of sp³-hybridized carbons (Fsp3) is 0.188. The predicted molar refractivity (Wildman–Crippen MR) is 85.7 cm³/mol. The van der Waals surface area contributed by atoms with E-state index in [1.54, 1.807) is 11.9 Å². The molecule has 5 heteroatoms. The van der Waals surface area contributed by atoms with Crippen LogP contribution in [-0.4, -0.2) is 24.5 Å². The molecule has 0 unspecified atom stereocenters. The molecule has 1 aliphatic rings. The fourth-order valence-corrected chi connectivity index (χ4v) is 3.37. The number of fused-ring (bicyclic) bond motifs is 1. The molecule has 2 heterocycles. The lowest BCUT2D eigenvalue weighted by molar-refractivity contribution is -0.126. The van der Waals surface area contributed by atoms with Gasteiger partial charge in [0.1, 0.15) is 12.4 Å². The maximum Gasteiger partial charge on any atom is 0.253 e. The molecule has 21 heavy (non-hydrogen) atoms. The minimum atomic E-state index is -0.0194. The van der Waals surface area contributed by atoms with Crippen LogP contribution >= 0.6 is 22.9 Å². The van der Waals surface area contributed by atoms with E-state index < -0.39 is 0 Å². The molecule has 1 aliphatic heterocycles. The summed E-state index contributed by atoms with van der Waals surface area (Å²) in [6, 6.07) is 11.5. The summed E-state index contributed by atoms with van der Waals surface area (Å²) < 4.78 is 6.36. The number of para-hydroxylation sites is 1. The van der Waals surface area contributed by atoms with E-state index in [9.17, 15) is 4.79 Å². The van der Waals surface area contributed by atoms with Gasteiger partial charge in [-0.05, 0) is 24.3 Å². The monoisotopic (exact) mass is 319 g/mol. The summed E-state index contributed by atoms with van der Waals surface area (Å²) in [4.78, 5) is 15.2. The van der Waals surface area contributed by atoms with Gasteiger partial charge in [-0.15, -0.1) is 11.3 Å². The predicted octanol–water partition coefficient (Wildman–Crippen LogP) is 3.84. The topological polar surface area (TPSA) is 29.5 Å². The van der Waals surface area contributed by atoms with Crippen LogP contribution in [0.25, 0.3) is 6.08 Å². The number of ether oxygens (including phenoxy) is 1. The number of halogens is 1. The fourth-order valence-electron chi connectivity index (χ4n) is 2.23. The number of likely N-dealkylation sites (N-methyl/N-ethyl adjacent to an activating group) is 1. The Morgan fingerprint density at radius 1 is 1.33 bits per heavy atom. The first-order chi connectivity index (χ1) is 10.1. The Bertz CT molecular complexity index is 708. The average Bonchev–Trinajstić information content (AvgIpc) is 2.91. The van der Waals surface area contributed by atoms with Crippen molar-refractivity contribution in [2.45, 2.75) is 6.54 Å². The van der Waals surface area contributed by atoms with E-state index in [-0.39, 0.29) is 5.91 Å². The first-order valence-corrected chi connectivity index (χ1v) is 7.75. The first-order valence-electron chi connectivity index (χ1n) is 6.55. The van der Waals surface area contributed by atoms with Gasteiger partial charge in [0.2, 0.25) is 0 Å². The van der Waals surface area contributed by atoms with Gasteiger partial charge in [-0.1, -0.05) is 29.8 Å². The molecule has 1 aromatic carbocycles. The standard InChI is InChI=1S/C16H14ClNO2S/c1-18(9-13-6-7-15(17)21-13)16(19)12-8-11-4-2-3-5-14(11)20-10-12/h2-8H,9-10H2,1H3. The highest BCUT2D eigenvalue weighted by Gasteiger charge is 2.20. The van der Waals surface area contributed by atoms with Crippen LogP contribution in [0.1, 0.15) is 10.4 Å². The number of hydrogen-bond acceptors (Lipinski definition) is 3. The molecule has 0 bridgehead atoms. The minimum Gasteiger partial charge on any atom is -0.488 e. The van der Waals surface area contributed by atoms with Crippen molar-refractivity contribution in [2.75, 3.05) is 13.7 Å². The quantitative estimate of drug-likeness (QED) is 0.860. The number of nitrogens with zero attached hydrogens (tertiary/aromatic N) is 1. The van der Waals surface area contributed by atoms with Gasteiger partial charge in [0, 0.05) is 17.5 Å². The Balaban J connectivity index is 1.75. The van der Waals surface area contributed by atoms with Gasteiger partial charge in [-0.3, -0.25) is 4.79 Å². The molecule has 0 atom stereocenters. The van der Waals surface area contributed by atoms with E-state index in [1.807, 2.05) is 42.5 Å². The van der Waals surface area contributed by atoms with Gasteiger partial charge in [-0.2, -0.15) is 0 Å². The Morgan fingerprint density at radius 3 is 2.90 bits per heavy atom. The third kappa shape index (κ3) is 3.12. The number of carbonyl (C=O) groups is 1. The Labute approximate surface area is 132 Å². The van der Waals surface area contributed by atoms with E-state index in [4.69, 9.17) is 16.3 Å². The lowest BCUT2D eigenvalue weighted by atomic mass is 10.1. The van der Waals surface area contributed by atoms with Crippen molar-refractivity contribution in [3.05, 3.63) is 56.7 Å². The van der Waals surface area contributed by atoms with Crippen LogP contribution in [0.2, 0.25) is 4.34 Å². The van der Waals surface area contributed by atoms with E-state index in [2.05, 4.69) is 0 Å². The van der Waals surface area contributed by atoms with E-state index in [1.165, 1.54) is 11.3 Å². The van der Waals surface area contributed by atoms with Crippen molar-refractivity contribution in [2.24, 2.45) is 0 Å². The molecule has 0 spiro atoms. The number of benzene rings is 1. The van der Waals surface area contributed by atoms with Crippen LogP contribution in [0.5, 0.6) is 5.75 Å². The summed E-state index contributed by atoms with van der Waals surface area (Å²) in [7, 11) is 1.79. The molecule has 0 saturated heterocycles. The zero-order chi connectivity index (χ0) is 14.8. The summed E-state index contributed by atoms with van der Waals surface area (Å²) in [5.74, 6) is 0.802. The second-order valence-corrected chi connectivity index (χ2v) is 6.66. The third-order valence-corrected chi connectivity index (χ3v) is 4.49. The maximum atomic E-state index is 12.5. The van der Waals surface area contributed by atoms with E-state index in [0.717, 1.165) is 20.5 Å².